The molecule has 0 radical (unpaired) electrons. The van der Waals surface area contributed by atoms with Crippen molar-refractivity contribution in [1.29, 1.82) is 0 Å². The summed E-state index contributed by atoms with van der Waals surface area (Å²) >= 11 is 0. The zero-order valence-corrected chi connectivity index (χ0v) is 10.6. The van der Waals surface area contributed by atoms with Crippen molar-refractivity contribution in [2.45, 2.75) is 51.4 Å². The zero-order chi connectivity index (χ0) is 12.1. The molecule has 2 nitrogen and oxygen atoms in total. The van der Waals surface area contributed by atoms with E-state index in [1.54, 1.807) is 0 Å². The van der Waals surface area contributed by atoms with Gasteiger partial charge < -0.3 is 9.84 Å². The summed E-state index contributed by atoms with van der Waals surface area (Å²) in [6, 6.07) is 10.0. The Bertz CT molecular complexity index is 326. The lowest BCUT2D eigenvalue weighted by Crippen LogP contribution is -2.38. The summed E-state index contributed by atoms with van der Waals surface area (Å²) < 4.78 is 5.71. The molecule has 2 rings (SSSR count). The van der Waals surface area contributed by atoms with Gasteiger partial charge in [0, 0.05) is 5.92 Å². The van der Waals surface area contributed by atoms with E-state index in [1.807, 2.05) is 37.3 Å². The molecule has 1 aliphatic carbocycles. The van der Waals surface area contributed by atoms with Crippen LogP contribution in [0.15, 0.2) is 30.3 Å². The Labute approximate surface area is 104 Å². The summed E-state index contributed by atoms with van der Waals surface area (Å²) in [5.41, 5.74) is 1.11. The average molecular weight is 234 g/mol. The van der Waals surface area contributed by atoms with Crippen LogP contribution in [0.2, 0.25) is 0 Å². The highest BCUT2D eigenvalue weighted by Crippen LogP contribution is 2.33. The van der Waals surface area contributed by atoms with Gasteiger partial charge in [-0.1, -0.05) is 49.6 Å². The fraction of sp³-hybridized carbons (Fsp3) is 0.600. The third-order valence-electron chi connectivity index (χ3n) is 3.74. The lowest BCUT2D eigenvalue weighted by Gasteiger charge is -2.35. The van der Waals surface area contributed by atoms with Crippen molar-refractivity contribution in [3.05, 3.63) is 35.9 Å². The number of aliphatic hydroxyl groups is 1. The van der Waals surface area contributed by atoms with Crippen LogP contribution in [0.25, 0.3) is 0 Å². The molecule has 1 aromatic rings. The minimum absolute atomic E-state index is 0.292. The molecule has 0 saturated heterocycles. The van der Waals surface area contributed by atoms with E-state index in [9.17, 15) is 5.11 Å². The molecule has 1 aliphatic rings. The van der Waals surface area contributed by atoms with Crippen molar-refractivity contribution in [2.24, 2.45) is 5.92 Å². The summed E-state index contributed by atoms with van der Waals surface area (Å²) in [6.07, 6.45) is 5.90. The molecule has 1 N–H and O–H groups in total. The van der Waals surface area contributed by atoms with Crippen LogP contribution in [0.5, 0.6) is 0 Å². The van der Waals surface area contributed by atoms with Crippen LogP contribution in [0.1, 0.15) is 44.6 Å². The first kappa shape index (κ1) is 12.6. The predicted molar refractivity (Wildman–Crippen MR) is 68.4 cm³/mol. The maximum atomic E-state index is 10.4. The monoisotopic (exact) mass is 234 g/mol. The first-order valence-electron chi connectivity index (χ1n) is 6.59. The Balaban J connectivity index is 1.88. The molecule has 17 heavy (non-hydrogen) atoms. The maximum Gasteiger partial charge on any atom is 0.165 e. The van der Waals surface area contributed by atoms with Crippen molar-refractivity contribution < 1.29 is 9.84 Å². The number of ether oxygens (including phenoxy) is 1. The molecule has 0 spiro atoms. The van der Waals surface area contributed by atoms with Gasteiger partial charge in [-0.25, -0.2) is 0 Å². The minimum Gasteiger partial charge on any atom is -0.365 e. The van der Waals surface area contributed by atoms with Crippen LogP contribution >= 0.6 is 0 Å². The van der Waals surface area contributed by atoms with Gasteiger partial charge in [0.15, 0.2) is 5.79 Å². The molecule has 1 atom stereocenters. The van der Waals surface area contributed by atoms with Gasteiger partial charge in [0.25, 0.3) is 0 Å². The molecule has 1 saturated carbocycles. The van der Waals surface area contributed by atoms with E-state index in [1.165, 1.54) is 19.3 Å². The minimum atomic E-state index is -0.976. The van der Waals surface area contributed by atoms with Crippen LogP contribution in [0, 0.1) is 5.92 Å². The maximum absolute atomic E-state index is 10.4. The van der Waals surface area contributed by atoms with Gasteiger partial charge in [-0.05, 0) is 25.3 Å². The first-order valence-corrected chi connectivity index (χ1v) is 6.59. The molecule has 1 unspecified atom stereocenters. The van der Waals surface area contributed by atoms with Gasteiger partial charge in [0.1, 0.15) is 0 Å². The topological polar surface area (TPSA) is 29.5 Å². The Hall–Kier alpha value is -0.860. The van der Waals surface area contributed by atoms with Crippen LogP contribution < -0.4 is 0 Å². The molecular weight excluding hydrogens is 212 g/mol. The van der Waals surface area contributed by atoms with E-state index in [4.69, 9.17) is 4.74 Å². The summed E-state index contributed by atoms with van der Waals surface area (Å²) in [7, 11) is 0. The molecular formula is C15H22O2. The van der Waals surface area contributed by atoms with E-state index in [0.29, 0.717) is 12.5 Å². The molecule has 1 fully saturated rings. The van der Waals surface area contributed by atoms with E-state index in [2.05, 4.69) is 0 Å². The molecule has 0 aliphatic heterocycles. The normalized spacial score (nSPS) is 21.1. The quantitative estimate of drug-likeness (QED) is 0.808. The molecule has 0 aromatic heterocycles. The van der Waals surface area contributed by atoms with E-state index < -0.39 is 5.79 Å². The predicted octanol–water partition coefficient (Wildman–Crippen LogP) is 3.49. The molecule has 94 valence electrons. The van der Waals surface area contributed by atoms with Crippen molar-refractivity contribution in [1.82, 2.24) is 0 Å². The highest BCUT2D eigenvalue weighted by atomic mass is 16.6. The summed E-state index contributed by atoms with van der Waals surface area (Å²) in [6.45, 7) is 2.30. The van der Waals surface area contributed by atoms with Gasteiger partial charge in [-0.2, -0.15) is 0 Å². The molecule has 0 heterocycles. The first-order chi connectivity index (χ1) is 8.18. The third kappa shape index (κ3) is 3.55. The van der Waals surface area contributed by atoms with Crippen LogP contribution in [-0.2, 0) is 11.3 Å². The second-order valence-corrected chi connectivity index (χ2v) is 5.16. The second-order valence-electron chi connectivity index (χ2n) is 5.16. The Morgan fingerprint density at radius 3 is 2.47 bits per heavy atom. The van der Waals surface area contributed by atoms with E-state index >= 15 is 0 Å². The number of rotatable bonds is 4. The van der Waals surface area contributed by atoms with Gasteiger partial charge in [-0.3, -0.25) is 0 Å². The van der Waals surface area contributed by atoms with E-state index in [0.717, 1.165) is 18.4 Å². The fourth-order valence-corrected chi connectivity index (χ4v) is 2.56. The van der Waals surface area contributed by atoms with Crippen LogP contribution in [0.3, 0.4) is 0 Å². The summed E-state index contributed by atoms with van der Waals surface area (Å²) in [5.74, 6) is -0.684. The SMILES string of the molecule is CC(O)(OCc1ccccc1)C1CCCCC1. The number of hydrogen-bond acceptors (Lipinski definition) is 2. The van der Waals surface area contributed by atoms with Gasteiger partial charge in [0.2, 0.25) is 0 Å². The van der Waals surface area contributed by atoms with Gasteiger partial charge >= 0.3 is 0 Å². The van der Waals surface area contributed by atoms with E-state index in [-0.39, 0.29) is 0 Å². The van der Waals surface area contributed by atoms with Crippen molar-refractivity contribution in [3.63, 3.8) is 0 Å². The lowest BCUT2D eigenvalue weighted by molar-refractivity contribution is -0.236. The molecule has 0 amide bonds. The van der Waals surface area contributed by atoms with Crippen molar-refractivity contribution in [3.8, 4) is 0 Å². The van der Waals surface area contributed by atoms with Crippen LogP contribution in [0.4, 0.5) is 0 Å². The Morgan fingerprint density at radius 2 is 1.82 bits per heavy atom. The number of benzene rings is 1. The molecule has 0 bridgehead atoms. The number of hydrogen-bond donors (Lipinski definition) is 1. The average Bonchev–Trinajstić information content (AvgIpc) is 2.39. The van der Waals surface area contributed by atoms with Crippen molar-refractivity contribution in [2.75, 3.05) is 0 Å². The highest BCUT2D eigenvalue weighted by Gasteiger charge is 2.33. The molecule has 1 aromatic carbocycles. The summed E-state index contributed by atoms with van der Waals surface area (Å²) in [5, 5.41) is 10.4. The van der Waals surface area contributed by atoms with Gasteiger partial charge in [0.05, 0.1) is 6.61 Å². The Kier molecular flexibility index (Phi) is 4.19. The molecule has 2 heteroatoms. The zero-order valence-electron chi connectivity index (χ0n) is 10.6. The highest BCUT2D eigenvalue weighted by molar-refractivity contribution is 5.13. The standard InChI is InChI=1S/C15H22O2/c1-15(16,14-10-6-3-7-11-14)17-12-13-8-4-2-5-9-13/h2,4-5,8-9,14,16H,3,6-7,10-12H2,1H3. The summed E-state index contributed by atoms with van der Waals surface area (Å²) in [4.78, 5) is 0. The largest absolute Gasteiger partial charge is 0.365 e. The smallest absolute Gasteiger partial charge is 0.165 e. The second kappa shape index (κ2) is 5.65. The van der Waals surface area contributed by atoms with Crippen molar-refractivity contribution >= 4 is 0 Å². The third-order valence-corrected chi connectivity index (χ3v) is 3.74. The Morgan fingerprint density at radius 1 is 1.18 bits per heavy atom. The van der Waals surface area contributed by atoms with Crippen LogP contribution in [-0.4, -0.2) is 10.9 Å². The van der Waals surface area contributed by atoms with Gasteiger partial charge in [-0.15, -0.1) is 0 Å². The lowest BCUT2D eigenvalue weighted by atomic mass is 9.84. The fourth-order valence-electron chi connectivity index (χ4n) is 2.56.